The van der Waals surface area contributed by atoms with Crippen LogP contribution < -0.4 is 0 Å². The van der Waals surface area contributed by atoms with Gasteiger partial charge in [0.1, 0.15) is 0 Å². The van der Waals surface area contributed by atoms with E-state index >= 15 is 0 Å². The zero-order valence-electron chi connectivity index (χ0n) is 5.66. The average molecular weight is 198 g/mol. The SMILES string of the molecule is C=CCn1ccc(=[Se])cc1. The van der Waals surface area contributed by atoms with E-state index < -0.39 is 0 Å². The van der Waals surface area contributed by atoms with Crippen LogP contribution in [0.1, 0.15) is 0 Å². The van der Waals surface area contributed by atoms with E-state index in [0.717, 1.165) is 6.54 Å². The summed E-state index contributed by atoms with van der Waals surface area (Å²) in [5.74, 6) is 0. The molecule has 0 N–H and O–H groups in total. The molecule has 1 nitrogen and oxygen atoms in total. The summed E-state index contributed by atoms with van der Waals surface area (Å²) in [6.07, 6.45) is 5.92. The van der Waals surface area contributed by atoms with Crippen LogP contribution in [0.2, 0.25) is 0 Å². The van der Waals surface area contributed by atoms with Crippen molar-refractivity contribution in [2.45, 2.75) is 6.54 Å². The molecule has 0 aliphatic heterocycles. The van der Waals surface area contributed by atoms with Gasteiger partial charge in [-0.05, 0) is 0 Å². The van der Waals surface area contributed by atoms with Crippen molar-refractivity contribution in [1.29, 1.82) is 0 Å². The molecule has 0 aliphatic carbocycles. The molecular weight excluding hydrogens is 189 g/mol. The number of allylic oxidation sites excluding steroid dienone is 1. The van der Waals surface area contributed by atoms with E-state index in [1.807, 2.05) is 30.6 Å². The monoisotopic (exact) mass is 199 g/mol. The number of nitrogens with zero attached hydrogens (tertiary/aromatic N) is 1. The molecule has 0 amide bonds. The molecule has 1 heterocycles. The molecule has 10 heavy (non-hydrogen) atoms. The predicted molar refractivity (Wildman–Crippen MR) is 43.6 cm³/mol. The molecule has 0 radical (unpaired) electrons. The van der Waals surface area contributed by atoms with E-state index in [-0.39, 0.29) is 0 Å². The molecule has 0 aromatic carbocycles. The van der Waals surface area contributed by atoms with Crippen molar-refractivity contribution >= 4 is 15.6 Å². The van der Waals surface area contributed by atoms with E-state index in [2.05, 4.69) is 26.7 Å². The van der Waals surface area contributed by atoms with E-state index in [0.29, 0.717) is 0 Å². The van der Waals surface area contributed by atoms with Gasteiger partial charge in [-0.1, -0.05) is 0 Å². The maximum absolute atomic E-state index is 3.65. The molecule has 0 saturated heterocycles. The molecule has 0 unspecified atom stereocenters. The summed E-state index contributed by atoms with van der Waals surface area (Å²) in [5.41, 5.74) is 0. The Kier molecular flexibility index (Phi) is 2.67. The minimum atomic E-state index is 0.875. The van der Waals surface area contributed by atoms with Crippen LogP contribution in [0.3, 0.4) is 0 Å². The van der Waals surface area contributed by atoms with Crippen molar-refractivity contribution in [3.63, 3.8) is 0 Å². The number of hydrogen-bond acceptors (Lipinski definition) is 0. The normalized spacial score (nSPS) is 9.20. The fourth-order valence-electron chi connectivity index (χ4n) is 0.714. The van der Waals surface area contributed by atoms with Gasteiger partial charge in [-0.3, -0.25) is 0 Å². The van der Waals surface area contributed by atoms with Gasteiger partial charge in [-0.15, -0.1) is 0 Å². The third kappa shape index (κ3) is 1.98. The molecule has 0 saturated carbocycles. The standard InChI is InChI=1S/C8H9NSe/c1-2-5-9-6-3-8(10)4-7-9/h2-4,6-7H,1,5H2. The van der Waals surface area contributed by atoms with Crippen LogP contribution in [-0.4, -0.2) is 20.1 Å². The van der Waals surface area contributed by atoms with Crippen molar-refractivity contribution in [3.05, 3.63) is 41.2 Å². The molecule has 52 valence electrons. The van der Waals surface area contributed by atoms with Gasteiger partial charge >= 0.3 is 67.9 Å². The first kappa shape index (κ1) is 7.52. The van der Waals surface area contributed by atoms with Crippen LogP contribution in [-0.2, 0) is 6.54 Å². The molecule has 1 aromatic rings. The first-order valence-electron chi connectivity index (χ1n) is 3.10. The van der Waals surface area contributed by atoms with Crippen LogP contribution in [0.5, 0.6) is 0 Å². The van der Waals surface area contributed by atoms with E-state index in [1.54, 1.807) is 0 Å². The third-order valence-electron chi connectivity index (χ3n) is 1.20. The number of rotatable bonds is 2. The zero-order chi connectivity index (χ0) is 7.40. The quantitative estimate of drug-likeness (QED) is 0.499. The Balaban J connectivity index is 2.89. The Morgan fingerprint density at radius 3 is 2.60 bits per heavy atom. The topological polar surface area (TPSA) is 4.93 Å². The first-order chi connectivity index (χ1) is 4.83. The molecule has 0 aliphatic rings. The van der Waals surface area contributed by atoms with Gasteiger partial charge in [0.25, 0.3) is 0 Å². The molecule has 0 spiro atoms. The first-order valence-corrected chi connectivity index (χ1v) is 3.95. The summed E-state index contributed by atoms with van der Waals surface area (Å²) in [5, 5.41) is 0. The molecule has 1 rings (SSSR count). The predicted octanol–water partition coefficient (Wildman–Crippen LogP) is 1.37. The summed E-state index contributed by atoms with van der Waals surface area (Å²) in [6, 6.07) is 4.06. The summed E-state index contributed by atoms with van der Waals surface area (Å²) < 4.78 is 3.23. The zero-order valence-corrected chi connectivity index (χ0v) is 7.37. The van der Waals surface area contributed by atoms with Crippen molar-refractivity contribution in [2.24, 2.45) is 0 Å². The van der Waals surface area contributed by atoms with Crippen LogP contribution >= 0.6 is 0 Å². The minimum absolute atomic E-state index is 0.875. The van der Waals surface area contributed by atoms with Crippen molar-refractivity contribution < 1.29 is 0 Å². The second kappa shape index (κ2) is 3.55. The van der Waals surface area contributed by atoms with Gasteiger partial charge in [-0.2, -0.15) is 0 Å². The van der Waals surface area contributed by atoms with Gasteiger partial charge in [0.15, 0.2) is 0 Å². The Bertz CT molecular complexity index is 254. The number of pyridine rings is 1. The van der Waals surface area contributed by atoms with Crippen LogP contribution in [0.25, 0.3) is 0 Å². The second-order valence-electron chi connectivity index (χ2n) is 2.02. The molecule has 1 aromatic heterocycles. The summed E-state index contributed by atoms with van der Waals surface area (Å²) in [4.78, 5) is 0. The van der Waals surface area contributed by atoms with Gasteiger partial charge in [-0.25, -0.2) is 0 Å². The van der Waals surface area contributed by atoms with E-state index in [1.165, 1.54) is 4.06 Å². The fraction of sp³-hybridized carbons (Fsp3) is 0.125. The molecule has 0 atom stereocenters. The Hall–Kier alpha value is -0.591. The van der Waals surface area contributed by atoms with E-state index in [9.17, 15) is 0 Å². The van der Waals surface area contributed by atoms with Gasteiger partial charge in [0.05, 0.1) is 0 Å². The van der Waals surface area contributed by atoms with E-state index in [4.69, 9.17) is 0 Å². The van der Waals surface area contributed by atoms with Crippen molar-refractivity contribution in [1.82, 2.24) is 4.57 Å². The van der Waals surface area contributed by atoms with Crippen molar-refractivity contribution in [3.8, 4) is 0 Å². The van der Waals surface area contributed by atoms with Gasteiger partial charge in [0.2, 0.25) is 0 Å². The molecule has 0 fully saturated rings. The maximum atomic E-state index is 3.65. The number of aromatic nitrogens is 1. The van der Waals surface area contributed by atoms with Crippen LogP contribution in [0.4, 0.5) is 0 Å². The summed E-state index contributed by atoms with van der Waals surface area (Å²) in [6.45, 7) is 4.53. The second-order valence-corrected chi connectivity index (χ2v) is 3.01. The Morgan fingerprint density at radius 1 is 1.50 bits per heavy atom. The number of hydrogen-bond donors (Lipinski definition) is 0. The Labute approximate surface area is 68.4 Å². The fourth-order valence-corrected chi connectivity index (χ4v) is 0.970. The summed E-state index contributed by atoms with van der Waals surface area (Å²) in [7, 11) is 0. The molecule has 2 heteroatoms. The average Bonchev–Trinajstić information content (AvgIpc) is 1.95. The third-order valence-corrected chi connectivity index (χ3v) is 1.77. The van der Waals surface area contributed by atoms with Crippen molar-refractivity contribution in [2.75, 3.05) is 0 Å². The van der Waals surface area contributed by atoms with Gasteiger partial charge < -0.3 is 0 Å². The Morgan fingerprint density at radius 2 is 2.10 bits per heavy atom. The van der Waals surface area contributed by atoms with Gasteiger partial charge in [0, 0.05) is 0 Å². The van der Waals surface area contributed by atoms with Crippen LogP contribution in [0.15, 0.2) is 37.2 Å². The molecule has 0 bridgehead atoms. The molecular formula is C8H9NSe. The summed E-state index contributed by atoms with van der Waals surface area (Å²) >= 11 is 2.93. The van der Waals surface area contributed by atoms with Crippen LogP contribution in [0, 0.1) is 4.06 Å².